The van der Waals surface area contributed by atoms with Crippen molar-refractivity contribution in [2.45, 2.75) is 24.5 Å². The van der Waals surface area contributed by atoms with Gasteiger partial charge in [0.1, 0.15) is 18.3 Å². The summed E-state index contributed by atoms with van der Waals surface area (Å²) in [6.45, 7) is -1.11. The lowest BCUT2D eigenvalue weighted by molar-refractivity contribution is -0.0511. The Labute approximate surface area is 203 Å². The molecule has 24 nitrogen and oxygen atoms in total. The molecule has 3 rings (SSSR count). The summed E-state index contributed by atoms with van der Waals surface area (Å²) in [5, 5.41) is 41.7. The Morgan fingerprint density at radius 2 is 1.78 bits per heavy atom. The number of phosphoric acid groups is 3. The van der Waals surface area contributed by atoms with Crippen molar-refractivity contribution in [2.24, 2.45) is 36.1 Å². The summed E-state index contributed by atoms with van der Waals surface area (Å²) in [5.74, 6) is -1.51. The highest BCUT2D eigenvalue weighted by Gasteiger charge is 2.52. The van der Waals surface area contributed by atoms with Gasteiger partial charge in [-0.25, -0.2) is 13.7 Å². The highest BCUT2D eigenvalue weighted by molar-refractivity contribution is 7.66. The van der Waals surface area contributed by atoms with Gasteiger partial charge in [-0.15, -0.1) is 0 Å². The van der Waals surface area contributed by atoms with Crippen molar-refractivity contribution in [3.05, 3.63) is 5.08 Å². The van der Waals surface area contributed by atoms with Crippen LogP contribution in [0.5, 0.6) is 0 Å². The van der Waals surface area contributed by atoms with Crippen LogP contribution in [-0.4, -0.2) is 95.1 Å². The average Bonchev–Trinajstić information content (AvgIpc) is 3.22. The minimum atomic E-state index is -5.80. The van der Waals surface area contributed by atoms with Crippen molar-refractivity contribution < 1.29 is 61.4 Å². The average molecular weight is 590 g/mol. The number of hydrogen-bond donors (Lipinski definition) is 8. The molecule has 0 saturated carbocycles. The lowest BCUT2D eigenvalue weighted by atomic mass is 10.1. The minimum absolute atomic E-state index is 0.173. The molecule has 0 aliphatic carbocycles. The van der Waals surface area contributed by atoms with Crippen LogP contribution in [0, 0.1) is 10.9 Å². The largest absolute Gasteiger partial charge is 0.490 e. The standard InChI is InChI=1S/C10H14N11O13P3/c11-6-3-7(16-9(15-6)17-19-12)21(10(14-3)18-20-13)8-5(23)4(22)2(32-8)1-31-36(27,28)34-37(29,30)33-35(24,25)26/h2,4-5,8,22-23H,1H2,(H6-,11,12,15,17,24,25,26,27,28,29,30)/p+1/t2-,4-,5-,8-/m1/s1. The lowest BCUT2D eigenvalue weighted by Crippen LogP contribution is -2.51. The molecule has 3 aliphatic heterocycles. The Balaban J connectivity index is 1.80. The van der Waals surface area contributed by atoms with Crippen molar-refractivity contribution >= 4 is 52.8 Å². The molecule has 0 spiro atoms. The number of phosphoric ester groups is 1. The summed E-state index contributed by atoms with van der Waals surface area (Å²) >= 11 is 0. The zero-order valence-corrected chi connectivity index (χ0v) is 20.2. The SMILES string of the molecule is N#[N+]N=C1N=C2C(N)=NC(=NN=N)N=C2N1[C@@H]1O[C@H](COP(=O)(O)OP(=O)(O)OP(=O)(O)O)[C@@H](O)[C@H]1O. The van der Waals surface area contributed by atoms with Crippen LogP contribution in [0.3, 0.4) is 0 Å². The number of nitrogens with two attached hydrogens (primary N) is 1. The summed E-state index contributed by atoms with van der Waals surface area (Å²) in [4.78, 5) is 48.3. The number of aliphatic hydroxyl groups is 2. The third kappa shape index (κ3) is 6.78. The summed E-state index contributed by atoms with van der Waals surface area (Å²) in [5.41, 5.74) is 12.4. The molecule has 6 atom stereocenters. The van der Waals surface area contributed by atoms with Gasteiger partial charge in [-0.3, -0.25) is 9.42 Å². The highest BCUT2D eigenvalue weighted by Crippen LogP contribution is 2.66. The van der Waals surface area contributed by atoms with Crippen LogP contribution in [-0.2, 0) is 31.6 Å². The first-order valence-electron chi connectivity index (χ1n) is 9.05. The summed E-state index contributed by atoms with van der Waals surface area (Å²) < 4.78 is 51.0. The molecule has 0 radical (unpaired) electrons. The second-order valence-electron chi connectivity index (χ2n) is 6.69. The summed E-state index contributed by atoms with van der Waals surface area (Å²) in [6.07, 6.45) is -7.12. The third-order valence-corrected chi connectivity index (χ3v) is 8.02. The third-order valence-electron chi connectivity index (χ3n) is 4.22. The van der Waals surface area contributed by atoms with Gasteiger partial charge in [-0.2, -0.15) is 29.1 Å². The number of diazo groups is 1. The van der Waals surface area contributed by atoms with Gasteiger partial charge in [0.05, 0.1) is 6.61 Å². The van der Waals surface area contributed by atoms with E-state index in [0.29, 0.717) is 0 Å². The van der Waals surface area contributed by atoms with Gasteiger partial charge >= 0.3 is 34.5 Å². The molecule has 9 N–H and O–H groups in total. The van der Waals surface area contributed by atoms with Crippen molar-refractivity contribution in [2.75, 3.05) is 6.61 Å². The van der Waals surface area contributed by atoms with E-state index in [4.69, 9.17) is 31.2 Å². The van der Waals surface area contributed by atoms with Crippen LogP contribution < -0.4 is 5.73 Å². The molecule has 2 unspecified atom stereocenters. The normalized spacial score (nSPS) is 31.2. The fourth-order valence-electron chi connectivity index (χ4n) is 2.96. The number of guanidine groups is 2. The molecule has 0 aromatic carbocycles. The molecule has 202 valence electrons. The molecule has 27 heteroatoms. The molecule has 0 aromatic rings. The van der Waals surface area contributed by atoms with Gasteiger partial charge in [0.25, 0.3) is 11.4 Å². The number of amidine groups is 2. The molecule has 37 heavy (non-hydrogen) atoms. The first kappa shape index (κ1) is 28.8. The van der Waals surface area contributed by atoms with Gasteiger partial charge < -0.3 is 40.3 Å². The molecule has 0 bridgehead atoms. The Morgan fingerprint density at radius 3 is 2.38 bits per heavy atom. The number of hydrogen-bond acceptors (Lipinski definition) is 14. The first-order chi connectivity index (χ1) is 17.1. The zero-order valence-electron chi connectivity index (χ0n) is 17.5. The van der Waals surface area contributed by atoms with Crippen molar-refractivity contribution in [1.29, 1.82) is 10.9 Å². The molecule has 3 heterocycles. The van der Waals surface area contributed by atoms with Gasteiger partial charge in [0.15, 0.2) is 23.6 Å². The monoisotopic (exact) mass is 590 g/mol. The number of aliphatic hydroxyl groups excluding tert-OH is 2. The fraction of sp³-hybridized carbons (Fsp3) is 0.500. The second-order valence-corrected chi connectivity index (χ2v) is 11.1. The van der Waals surface area contributed by atoms with Crippen LogP contribution >= 0.6 is 23.5 Å². The quantitative estimate of drug-likeness (QED) is 0.0607. The van der Waals surface area contributed by atoms with Crippen molar-refractivity contribution in [1.82, 2.24) is 4.90 Å². The maximum atomic E-state index is 11.9. The molecular weight excluding hydrogens is 575 g/mol. The van der Waals surface area contributed by atoms with E-state index in [0.717, 1.165) is 4.90 Å². The lowest BCUT2D eigenvalue weighted by Gasteiger charge is -2.26. The number of nitrogens with zero attached hydrogens (tertiary/aromatic N) is 9. The van der Waals surface area contributed by atoms with E-state index in [1.807, 2.05) is 0 Å². The van der Waals surface area contributed by atoms with E-state index in [-0.39, 0.29) is 17.4 Å². The predicted molar refractivity (Wildman–Crippen MR) is 114 cm³/mol. The molecule has 0 amide bonds. The maximum absolute atomic E-state index is 11.9. The van der Waals surface area contributed by atoms with Gasteiger partial charge in [-0.05, 0) is 5.22 Å². The van der Waals surface area contributed by atoms with Crippen molar-refractivity contribution in [3.63, 3.8) is 0 Å². The number of nitrogens with one attached hydrogen (secondary N) is 1. The van der Waals surface area contributed by atoms with Gasteiger partial charge in [0, 0.05) is 0 Å². The van der Waals surface area contributed by atoms with E-state index < -0.39 is 66.5 Å². The Bertz CT molecular complexity index is 1320. The Kier molecular flexibility index (Phi) is 8.22. The van der Waals surface area contributed by atoms with Crippen LogP contribution in [0.25, 0.3) is 5.08 Å². The molecule has 1 fully saturated rings. The highest BCUT2D eigenvalue weighted by atomic mass is 31.3. The maximum Gasteiger partial charge on any atom is 0.490 e. The van der Waals surface area contributed by atoms with Crippen LogP contribution in [0.15, 0.2) is 30.4 Å². The van der Waals surface area contributed by atoms with Gasteiger partial charge in [0.2, 0.25) is 5.10 Å². The number of aliphatic imine (C=N–C) groups is 3. The van der Waals surface area contributed by atoms with Crippen LogP contribution in [0.2, 0.25) is 0 Å². The Morgan fingerprint density at radius 1 is 1.11 bits per heavy atom. The number of fused-ring (bicyclic) bond motifs is 1. The van der Waals surface area contributed by atoms with Crippen molar-refractivity contribution in [3.8, 4) is 0 Å². The number of rotatable bonds is 9. The Hall–Kier alpha value is -2.74. The van der Waals surface area contributed by atoms with E-state index in [1.54, 1.807) is 0 Å². The smallest absolute Gasteiger partial charge is 0.387 e. The zero-order chi connectivity index (χ0) is 27.8. The molecule has 3 aliphatic rings. The van der Waals surface area contributed by atoms with Crippen LogP contribution in [0.4, 0.5) is 0 Å². The van der Waals surface area contributed by atoms with E-state index in [9.17, 15) is 33.7 Å². The molecule has 1 saturated heterocycles. The van der Waals surface area contributed by atoms with E-state index >= 15 is 0 Å². The molecular formula is C10H15N11O13P3+. The minimum Gasteiger partial charge on any atom is -0.387 e. The second kappa shape index (κ2) is 10.6. The van der Waals surface area contributed by atoms with Crippen LogP contribution in [0.1, 0.15) is 0 Å². The van der Waals surface area contributed by atoms with Gasteiger partial charge in [-0.1, -0.05) is 5.10 Å². The first-order valence-corrected chi connectivity index (χ1v) is 13.6. The summed E-state index contributed by atoms with van der Waals surface area (Å²) in [7, 11) is -17.0. The molecule has 0 aromatic heterocycles. The van der Waals surface area contributed by atoms with E-state index in [1.165, 1.54) is 0 Å². The number of ether oxygens (including phenoxy) is 1. The fourth-order valence-corrected chi connectivity index (χ4v) is 5.99. The topological polar surface area (TPSA) is 365 Å². The predicted octanol–water partition coefficient (Wildman–Crippen LogP) is -2.27. The van der Waals surface area contributed by atoms with E-state index in [2.05, 4.69) is 48.6 Å². The summed E-state index contributed by atoms with van der Waals surface area (Å²) in [6, 6.07) is 0.